The predicted molar refractivity (Wildman–Crippen MR) is 224 cm³/mol. The van der Waals surface area contributed by atoms with Crippen molar-refractivity contribution in [2.45, 2.75) is 56.8 Å². The van der Waals surface area contributed by atoms with E-state index in [0.29, 0.717) is 28.5 Å². The summed E-state index contributed by atoms with van der Waals surface area (Å²) in [4.78, 5) is 46.0. The van der Waals surface area contributed by atoms with Gasteiger partial charge >= 0.3 is 0 Å². The van der Waals surface area contributed by atoms with Gasteiger partial charge in [0.05, 0.1) is 53.7 Å². The van der Waals surface area contributed by atoms with Gasteiger partial charge < -0.3 is 29.1 Å². The van der Waals surface area contributed by atoms with Crippen LogP contribution in [0.2, 0.25) is 23.7 Å². The summed E-state index contributed by atoms with van der Waals surface area (Å²) in [5.41, 5.74) is 1.98. The summed E-state index contributed by atoms with van der Waals surface area (Å²) in [7, 11) is 0.556. The third-order valence-electron chi connectivity index (χ3n) is 11.8. The Morgan fingerprint density at radius 3 is 2.30 bits per heavy atom. The molecule has 2 amide bonds. The van der Waals surface area contributed by atoms with E-state index in [1.807, 2.05) is 78.9 Å². The summed E-state index contributed by atoms with van der Waals surface area (Å²) in [5, 5.41) is 11.7. The number of fused-ring (bicyclic) bond motifs is 2. The number of nitrogens with zero attached hydrogens (tertiary/aromatic N) is 3. The highest BCUT2D eigenvalue weighted by Gasteiger charge is 2.66. The van der Waals surface area contributed by atoms with Crippen LogP contribution in [-0.4, -0.2) is 67.9 Å². The summed E-state index contributed by atoms with van der Waals surface area (Å²) in [6, 6.07) is 34.1. The Morgan fingerprint density at radius 2 is 1.63 bits per heavy atom. The van der Waals surface area contributed by atoms with E-state index in [9.17, 15) is 14.7 Å². The highest BCUT2D eigenvalue weighted by atomic mass is 35.5. The Bertz CT molecular complexity index is 2300. The molecule has 1 aromatic heterocycles. The molecule has 0 saturated carbocycles. The smallest absolute Gasteiger partial charge is 0.297 e. The van der Waals surface area contributed by atoms with E-state index >= 15 is 4.79 Å². The third kappa shape index (κ3) is 7.41. The Balaban J connectivity index is 1.26. The van der Waals surface area contributed by atoms with Crippen LogP contribution in [0.4, 0.5) is 5.69 Å². The first-order chi connectivity index (χ1) is 27.4. The van der Waals surface area contributed by atoms with Crippen molar-refractivity contribution >= 4 is 42.4 Å². The van der Waals surface area contributed by atoms with Gasteiger partial charge in [-0.3, -0.25) is 19.0 Å². The minimum absolute atomic E-state index is 0.0322. The number of anilines is 1. The Morgan fingerprint density at radius 1 is 0.912 bits per heavy atom. The quantitative estimate of drug-likeness (QED) is 0.132. The molecule has 1 spiro atoms. The van der Waals surface area contributed by atoms with Crippen LogP contribution in [-0.2, 0) is 33.0 Å². The number of aliphatic hydroxyl groups is 1. The lowest BCUT2D eigenvalue weighted by atomic mass is 9.82. The fourth-order valence-corrected chi connectivity index (χ4v) is 13.1. The molecule has 57 heavy (non-hydrogen) atoms. The average molecular weight is 806 g/mol. The fraction of sp³-hybridized carbons (Fsp3) is 0.311. The Kier molecular flexibility index (Phi) is 11.5. The van der Waals surface area contributed by atoms with E-state index in [4.69, 9.17) is 25.8 Å². The maximum Gasteiger partial charge on any atom is 0.297 e. The normalized spacial score (nSPS) is 20.2. The maximum atomic E-state index is 15.3. The number of hydrogen-bond donors (Lipinski definition) is 1. The first-order valence-electron chi connectivity index (χ1n) is 19.1. The second-order valence-electron chi connectivity index (χ2n) is 15.4. The molecule has 0 aliphatic carbocycles. The fourth-order valence-electron chi connectivity index (χ4n) is 8.94. The molecule has 1 saturated heterocycles. The van der Waals surface area contributed by atoms with Gasteiger partial charge in [0.1, 0.15) is 5.75 Å². The van der Waals surface area contributed by atoms with Gasteiger partial charge in [-0.1, -0.05) is 91.4 Å². The number of aliphatic hydroxyl groups excluding tert-OH is 1. The summed E-state index contributed by atoms with van der Waals surface area (Å²) >= 11 is 6.71. The van der Waals surface area contributed by atoms with Crippen molar-refractivity contribution in [1.82, 2.24) is 9.47 Å². The van der Waals surface area contributed by atoms with Gasteiger partial charge in [-0.05, 0) is 71.3 Å². The minimum Gasteiger partial charge on any atom is -0.497 e. The third-order valence-corrected chi connectivity index (χ3v) is 16.4. The summed E-state index contributed by atoms with van der Waals surface area (Å²) in [6.07, 6.45) is 1.10. The zero-order chi connectivity index (χ0) is 40.5. The standard InChI is InChI=1S/C45H48ClN3O7Si/c1-30-42(57(4,5)36-20-18-35(54-2)19-21-36)40(27-41(51)47(24-25-50)28-31-10-7-6-8-11-31)56-45(30)37-26-33(46)15-22-38(37)49(44(45)53)29-32-13-16-34(17-14-32)48-23-9-12-39(55-3)43(48)52/h6-23,26,30,40,42,50H,24-25,27-29H2,1-5H3/t30-,40+,42-,45+/m0/s1. The first kappa shape index (κ1) is 40.0. The molecule has 0 radical (unpaired) electrons. The molecule has 7 rings (SSSR count). The molecule has 0 bridgehead atoms. The monoisotopic (exact) mass is 805 g/mol. The van der Waals surface area contributed by atoms with E-state index in [1.165, 1.54) is 11.7 Å². The summed E-state index contributed by atoms with van der Waals surface area (Å²) in [6.45, 7) is 7.20. The molecule has 1 fully saturated rings. The molecular weight excluding hydrogens is 758 g/mol. The number of halogens is 1. The zero-order valence-corrected chi connectivity index (χ0v) is 34.6. The van der Waals surface area contributed by atoms with Crippen molar-refractivity contribution in [3.05, 3.63) is 147 Å². The van der Waals surface area contributed by atoms with E-state index in [1.54, 1.807) is 41.3 Å². The molecule has 4 atom stereocenters. The van der Waals surface area contributed by atoms with Crippen LogP contribution in [0, 0.1) is 5.92 Å². The number of hydrogen-bond acceptors (Lipinski definition) is 7. The topological polar surface area (TPSA) is 111 Å². The number of ether oxygens (including phenoxy) is 3. The van der Waals surface area contributed by atoms with Crippen molar-refractivity contribution < 1.29 is 28.9 Å². The van der Waals surface area contributed by atoms with E-state index in [0.717, 1.165) is 22.1 Å². The molecule has 1 N–H and O–H groups in total. The van der Waals surface area contributed by atoms with Crippen molar-refractivity contribution in [2.24, 2.45) is 5.92 Å². The largest absolute Gasteiger partial charge is 0.497 e. The lowest BCUT2D eigenvalue weighted by Gasteiger charge is -2.37. The van der Waals surface area contributed by atoms with Crippen molar-refractivity contribution in [2.75, 3.05) is 32.3 Å². The molecule has 2 aliphatic heterocycles. The number of pyridine rings is 1. The van der Waals surface area contributed by atoms with Crippen LogP contribution in [0.1, 0.15) is 30.0 Å². The van der Waals surface area contributed by atoms with Crippen LogP contribution in [0.5, 0.6) is 11.5 Å². The average Bonchev–Trinajstić information content (AvgIpc) is 3.64. The second-order valence-corrected chi connectivity index (χ2v) is 20.5. The Labute approximate surface area is 339 Å². The van der Waals surface area contributed by atoms with Gasteiger partial charge in [0.2, 0.25) is 5.91 Å². The number of aromatic nitrogens is 1. The molecule has 10 nitrogen and oxygen atoms in total. The predicted octanol–water partition coefficient (Wildman–Crippen LogP) is 6.68. The van der Waals surface area contributed by atoms with Gasteiger partial charge in [-0.15, -0.1) is 0 Å². The number of amides is 2. The van der Waals surface area contributed by atoms with Gasteiger partial charge in [-0.2, -0.15) is 0 Å². The summed E-state index contributed by atoms with van der Waals surface area (Å²) < 4.78 is 19.4. The van der Waals surface area contributed by atoms with Gasteiger partial charge in [0.25, 0.3) is 11.5 Å². The van der Waals surface area contributed by atoms with Gasteiger partial charge in [-0.25, -0.2) is 0 Å². The minimum atomic E-state index is -2.55. The van der Waals surface area contributed by atoms with Crippen LogP contribution in [0.25, 0.3) is 5.69 Å². The van der Waals surface area contributed by atoms with Crippen LogP contribution >= 0.6 is 11.6 Å². The van der Waals surface area contributed by atoms with Crippen LogP contribution in [0.15, 0.2) is 120 Å². The molecule has 12 heteroatoms. The summed E-state index contributed by atoms with van der Waals surface area (Å²) in [5.74, 6) is 0.268. The lowest BCUT2D eigenvalue weighted by molar-refractivity contribution is -0.150. The van der Waals surface area contributed by atoms with E-state index in [2.05, 4.69) is 32.2 Å². The highest BCUT2D eigenvalue weighted by molar-refractivity contribution is 6.91. The molecule has 3 heterocycles. The SMILES string of the molecule is COc1ccc([Si](C)(C)[C@@H]2[C@@H](CC(=O)N(CCO)Cc3ccccc3)O[C@]3(C(=O)N(Cc4ccc(-n5cccc(OC)c5=O)cc4)c4ccc(Cl)cc43)[C@H]2C)cc1. The number of methoxy groups -OCH3 is 2. The lowest BCUT2D eigenvalue weighted by Crippen LogP contribution is -2.52. The molecule has 5 aromatic rings. The molecule has 2 aliphatic rings. The molecular formula is C45H48ClN3O7Si. The molecule has 4 aromatic carbocycles. The highest BCUT2D eigenvalue weighted by Crippen LogP contribution is 2.60. The number of carbonyl (C=O) groups excluding carboxylic acids is 2. The molecule has 0 unspecified atom stereocenters. The Hall–Kier alpha value is -5.20. The van der Waals surface area contributed by atoms with Gasteiger partial charge in [0, 0.05) is 41.5 Å². The number of rotatable bonds is 13. The first-order valence-corrected chi connectivity index (χ1v) is 22.6. The number of benzene rings is 4. The van der Waals surface area contributed by atoms with Crippen molar-refractivity contribution in [1.29, 1.82) is 0 Å². The van der Waals surface area contributed by atoms with Crippen molar-refractivity contribution in [3.63, 3.8) is 0 Å². The maximum absolute atomic E-state index is 15.3. The zero-order valence-electron chi connectivity index (χ0n) is 32.9. The second kappa shape index (κ2) is 16.3. The van der Waals surface area contributed by atoms with Crippen LogP contribution in [0.3, 0.4) is 0 Å². The van der Waals surface area contributed by atoms with E-state index in [-0.39, 0.29) is 60.7 Å². The van der Waals surface area contributed by atoms with Gasteiger partial charge in [0.15, 0.2) is 11.4 Å². The number of carbonyl (C=O) groups is 2. The van der Waals surface area contributed by atoms with E-state index < -0.39 is 19.8 Å². The van der Waals surface area contributed by atoms with Crippen molar-refractivity contribution in [3.8, 4) is 17.2 Å². The molecule has 296 valence electrons. The van der Waals surface area contributed by atoms with Crippen LogP contribution < -0.4 is 25.1 Å².